The van der Waals surface area contributed by atoms with E-state index in [9.17, 15) is 9.59 Å². The zero-order valence-electron chi connectivity index (χ0n) is 19.7. The molecule has 2 aliphatic heterocycles. The minimum atomic E-state index is -0.354. The lowest BCUT2D eigenvalue weighted by atomic mass is 10.0. The quantitative estimate of drug-likeness (QED) is 0.357. The van der Waals surface area contributed by atoms with E-state index in [1.54, 1.807) is 4.68 Å². The summed E-state index contributed by atoms with van der Waals surface area (Å²) in [5, 5.41) is 15.1. The van der Waals surface area contributed by atoms with Gasteiger partial charge in [-0.1, -0.05) is 18.2 Å². The van der Waals surface area contributed by atoms with Crippen LogP contribution in [-0.4, -0.2) is 56.5 Å². The number of carbonyl (C=O) groups excluding carboxylic acids is 1. The first-order valence-corrected chi connectivity index (χ1v) is 12.2. The largest absolute Gasteiger partial charge is 0.457 e. The van der Waals surface area contributed by atoms with Crippen molar-refractivity contribution < 1.29 is 9.53 Å². The summed E-state index contributed by atoms with van der Waals surface area (Å²) in [6, 6.07) is 17.2. The number of nitrogens with zero attached hydrogens (tertiary/aromatic N) is 4. The fraction of sp³-hybridized carbons (Fsp3) is 0.308. The molecule has 0 unspecified atom stereocenters. The number of fused-ring (bicyclic) bond motifs is 1. The van der Waals surface area contributed by atoms with Gasteiger partial charge in [-0.2, -0.15) is 10.2 Å². The monoisotopic (exact) mass is 485 g/mol. The zero-order valence-corrected chi connectivity index (χ0v) is 19.7. The maximum Gasteiger partial charge on any atom is 0.290 e. The molecule has 0 saturated carbocycles. The van der Waals surface area contributed by atoms with Crippen molar-refractivity contribution in [2.24, 2.45) is 0 Å². The number of likely N-dealkylation sites (tertiary alicyclic amines) is 1. The molecule has 2 aromatic heterocycles. The van der Waals surface area contributed by atoms with Crippen molar-refractivity contribution in [3.8, 4) is 22.8 Å². The molecule has 4 heterocycles. The SMILES string of the molecule is Nc1n[nH]c(=O)c2c1c(-c1ccc(Oc3ccccc3)cc1)nn2[C@@H]1CCCN(C(=O)C[C@@H]2CN2)C1. The third kappa shape index (κ3) is 4.31. The van der Waals surface area contributed by atoms with Crippen LogP contribution in [0, 0.1) is 0 Å². The third-order valence-corrected chi connectivity index (χ3v) is 6.78. The Morgan fingerprint density at radius 2 is 1.86 bits per heavy atom. The lowest BCUT2D eigenvalue weighted by molar-refractivity contribution is -0.132. The van der Waals surface area contributed by atoms with Crippen molar-refractivity contribution in [3.63, 3.8) is 0 Å². The van der Waals surface area contributed by atoms with E-state index in [1.165, 1.54) is 0 Å². The van der Waals surface area contributed by atoms with Crippen LogP contribution in [0.3, 0.4) is 0 Å². The average molecular weight is 486 g/mol. The molecule has 36 heavy (non-hydrogen) atoms. The maximum absolute atomic E-state index is 12.9. The van der Waals surface area contributed by atoms with Crippen molar-refractivity contribution >= 4 is 22.6 Å². The molecular weight excluding hydrogens is 458 g/mol. The van der Waals surface area contributed by atoms with Gasteiger partial charge in [0.25, 0.3) is 5.56 Å². The van der Waals surface area contributed by atoms with E-state index in [1.807, 2.05) is 59.5 Å². The number of hydrogen-bond donors (Lipinski definition) is 3. The van der Waals surface area contributed by atoms with Crippen molar-refractivity contribution in [3.05, 3.63) is 65.0 Å². The first-order chi connectivity index (χ1) is 17.6. The van der Waals surface area contributed by atoms with Crippen LogP contribution in [0.4, 0.5) is 5.82 Å². The predicted molar refractivity (Wildman–Crippen MR) is 136 cm³/mol. The molecule has 184 valence electrons. The number of aromatic nitrogens is 4. The fourth-order valence-electron chi connectivity index (χ4n) is 4.83. The molecule has 0 radical (unpaired) electrons. The van der Waals surface area contributed by atoms with Gasteiger partial charge in [0.05, 0.1) is 11.4 Å². The van der Waals surface area contributed by atoms with Gasteiger partial charge >= 0.3 is 0 Å². The smallest absolute Gasteiger partial charge is 0.290 e. The summed E-state index contributed by atoms with van der Waals surface area (Å²) >= 11 is 0. The number of nitrogens with one attached hydrogen (secondary N) is 2. The van der Waals surface area contributed by atoms with Crippen LogP contribution < -0.4 is 21.3 Å². The highest BCUT2D eigenvalue weighted by atomic mass is 16.5. The Bertz CT molecular complexity index is 1460. The molecule has 10 nitrogen and oxygen atoms in total. The number of rotatable bonds is 6. The molecule has 2 aromatic carbocycles. The molecule has 2 aliphatic rings. The summed E-state index contributed by atoms with van der Waals surface area (Å²) in [5.74, 6) is 1.77. The van der Waals surface area contributed by atoms with Crippen LogP contribution in [0.5, 0.6) is 11.5 Å². The number of ether oxygens (including phenoxy) is 1. The Labute approximate surface area is 207 Å². The molecule has 1 amide bonds. The van der Waals surface area contributed by atoms with E-state index in [-0.39, 0.29) is 29.4 Å². The number of para-hydroxylation sites is 1. The number of nitrogens with two attached hydrogens (primary N) is 1. The number of amides is 1. The number of H-pyrrole nitrogens is 1. The first-order valence-electron chi connectivity index (χ1n) is 12.2. The maximum atomic E-state index is 12.9. The predicted octanol–water partition coefficient (Wildman–Crippen LogP) is 2.69. The van der Waals surface area contributed by atoms with Gasteiger partial charge in [0.1, 0.15) is 22.7 Å². The second-order valence-corrected chi connectivity index (χ2v) is 9.34. The van der Waals surface area contributed by atoms with Gasteiger partial charge in [0, 0.05) is 37.7 Å². The molecule has 2 saturated heterocycles. The molecule has 0 spiro atoms. The molecular formula is C26H27N7O3. The molecule has 0 bridgehead atoms. The number of hydrogen-bond acceptors (Lipinski definition) is 7. The van der Waals surface area contributed by atoms with E-state index in [2.05, 4.69) is 15.5 Å². The summed E-state index contributed by atoms with van der Waals surface area (Å²) in [6.07, 6.45) is 2.16. The summed E-state index contributed by atoms with van der Waals surface area (Å²) in [7, 11) is 0. The lowest BCUT2D eigenvalue weighted by Crippen LogP contribution is -2.41. The minimum absolute atomic E-state index is 0.130. The van der Waals surface area contributed by atoms with E-state index >= 15 is 0 Å². The summed E-state index contributed by atoms with van der Waals surface area (Å²) in [6.45, 7) is 2.12. The molecule has 6 rings (SSSR count). The number of carbonyl (C=O) groups is 1. The van der Waals surface area contributed by atoms with E-state index < -0.39 is 0 Å². The van der Waals surface area contributed by atoms with Gasteiger partial charge in [-0.05, 0) is 49.2 Å². The number of benzene rings is 2. The van der Waals surface area contributed by atoms with E-state index in [0.29, 0.717) is 35.3 Å². The Hall–Kier alpha value is -4.18. The molecule has 2 fully saturated rings. The van der Waals surface area contributed by atoms with E-state index in [4.69, 9.17) is 15.6 Å². The van der Waals surface area contributed by atoms with Crippen molar-refractivity contribution in [2.75, 3.05) is 25.4 Å². The van der Waals surface area contributed by atoms with Crippen molar-refractivity contribution in [1.29, 1.82) is 0 Å². The third-order valence-electron chi connectivity index (χ3n) is 6.78. The summed E-state index contributed by atoms with van der Waals surface area (Å²) in [5.41, 5.74) is 7.65. The molecule has 4 N–H and O–H groups in total. The lowest BCUT2D eigenvalue weighted by Gasteiger charge is -2.33. The molecule has 10 heteroatoms. The van der Waals surface area contributed by atoms with Crippen LogP contribution in [0.15, 0.2) is 59.4 Å². The van der Waals surface area contributed by atoms with Gasteiger partial charge in [0.15, 0.2) is 5.82 Å². The summed E-state index contributed by atoms with van der Waals surface area (Å²) < 4.78 is 7.65. The number of nitrogen functional groups attached to an aromatic ring is 1. The topological polar surface area (TPSA) is 141 Å². The second-order valence-electron chi connectivity index (χ2n) is 9.34. The second kappa shape index (κ2) is 9.12. The molecule has 0 aliphatic carbocycles. The van der Waals surface area contributed by atoms with Crippen molar-refractivity contribution in [1.82, 2.24) is 30.2 Å². The normalized spacial score (nSPS) is 19.4. The van der Waals surface area contributed by atoms with Gasteiger partial charge in [0.2, 0.25) is 5.91 Å². The number of anilines is 1. The Balaban J connectivity index is 1.34. The fourth-order valence-corrected chi connectivity index (χ4v) is 4.83. The van der Waals surface area contributed by atoms with Gasteiger partial charge < -0.3 is 20.7 Å². The van der Waals surface area contributed by atoms with Crippen molar-refractivity contribution in [2.45, 2.75) is 31.3 Å². The highest BCUT2D eigenvalue weighted by Gasteiger charge is 2.32. The number of piperidine rings is 1. The van der Waals surface area contributed by atoms with Crippen LogP contribution in [0.2, 0.25) is 0 Å². The van der Waals surface area contributed by atoms with Crippen LogP contribution >= 0.6 is 0 Å². The zero-order chi connectivity index (χ0) is 24.6. The van der Waals surface area contributed by atoms with Gasteiger partial charge in [-0.3, -0.25) is 14.3 Å². The Morgan fingerprint density at radius 3 is 2.61 bits per heavy atom. The highest BCUT2D eigenvalue weighted by molar-refractivity contribution is 5.99. The first kappa shape index (κ1) is 22.3. The molecule has 2 atom stereocenters. The van der Waals surface area contributed by atoms with Gasteiger partial charge in [-0.15, -0.1) is 0 Å². The summed E-state index contributed by atoms with van der Waals surface area (Å²) in [4.78, 5) is 27.6. The van der Waals surface area contributed by atoms with E-state index in [0.717, 1.165) is 37.2 Å². The van der Waals surface area contributed by atoms with Crippen LogP contribution in [0.25, 0.3) is 22.2 Å². The average Bonchev–Trinajstić information content (AvgIpc) is 3.63. The standard InChI is InChI=1S/C26H27N7O3/c27-25-22-23(16-8-10-20(11-9-16)36-19-6-2-1-3-7-19)31-33(24(22)26(35)30-29-25)18-5-4-12-32(15-18)21(34)13-17-14-28-17/h1-3,6-11,17-18,28H,4-5,12-15H2,(H2,27,29)(H,30,35)/t17-,18-/m1/s1. The highest BCUT2D eigenvalue weighted by Crippen LogP contribution is 2.34. The van der Waals surface area contributed by atoms with Crippen LogP contribution in [0.1, 0.15) is 25.3 Å². The van der Waals surface area contributed by atoms with Crippen LogP contribution in [-0.2, 0) is 4.79 Å². The Morgan fingerprint density at radius 1 is 1.11 bits per heavy atom. The number of aromatic amines is 1. The molecule has 4 aromatic rings. The Kier molecular flexibility index (Phi) is 5.65. The minimum Gasteiger partial charge on any atom is -0.457 e. The van der Waals surface area contributed by atoms with Gasteiger partial charge in [-0.25, -0.2) is 5.10 Å².